The predicted molar refractivity (Wildman–Crippen MR) is 72.5 cm³/mol. The maximum atomic E-state index is 12.5. The summed E-state index contributed by atoms with van der Waals surface area (Å²) < 4.78 is 5.25. The smallest absolute Gasteiger partial charge is 0.325 e. The molecule has 8 nitrogen and oxygen atoms in total. The van der Waals surface area contributed by atoms with Gasteiger partial charge in [-0.05, 0) is 0 Å². The van der Waals surface area contributed by atoms with Crippen LogP contribution in [0.2, 0.25) is 0 Å². The monoisotopic (exact) mass is 296 g/mol. The van der Waals surface area contributed by atoms with Gasteiger partial charge in [0.05, 0.1) is 0 Å². The highest BCUT2D eigenvalue weighted by Crippen LogP contribution is 2.28. The molecule has 1 spiro atoms. The standard InChI is InChI=1S/C13H20N4O4/c18-10(16-5-3-14-4-6-16)9-17-11(19)13(15-12(17)20)1-7-21-8-2-13/h14H,1-9H2,(H,15,20). The maximum absolute atomic E-state index is 12.5. The van der Waals surface area contributed by atoms with Crippen LogP contribution in [0, 0.1) is 0 Å². The van der Waals surface area contributed by atoms with Crippen LogP contribution in [0.4, 0.5) is 4.79 Å². The van der Waals surface area contributed by atoms with Crippen LogP contribution < -0.4 is 10.6 Å². The number of amides is 4. The van der Waals surface area contributed by atoms with E-state index >= 15 is 0 Å². The van der Waals surface area contributed by atoms with E-state index in [1.807, 2.05) is 0 Å². The fourth-order valence-corrected chi connectivity index (χ4v) is 3.03. The molecule has 3 saturated heterocycles. The fraction of sp³-hybridized carbons (Fsp3) is 0.769. The van der Waals surface area contributed by atoms with Gasteiger partial charge in [-0.15, -0.1) is 0 Å². The third-order valence-corrected chi connectivity index (χ3v) is 4.36. The average molecular weight is 296 g/mol. The second-order valence-corrected chi connectivity index (χ2v) is 5.65. The highest BCUT2D eigenvalue weighted by molar-refractivity contribution is 6.09. The average Bonchev–Trinajstić information content (AvgIpc) is 2.73. The molecule has 0 atom stereocenters. The highest BCUT2D eigenvalue weighted by Gasteiger charge is 2.52. The molecule has 8 heteroatoms. The minimum Gasteiger partial charge on any atom is -0.381 e. The highest BCUT2D eigenvalue weighted by atomic mass is 16.5. The minimum absolute atomic E-state index is 0.173. The molecule has 21 heavy (non-hydrogen) atoms. The summed E-state index contributed by atoms with van der Waals surface area (Å²) in [6, 6.07) is -0.467. The third kappa shape index (κ3) is 2.60. The van der Waals surface area contributed by atoms with Crippen LogP contribution >= 0.6 is 0 Å². The molecule has 3 aliphatic rings. The molecule has 0 aliphatic carbocycles. The first-order valence-electron chi connectivity index (χ1n) is 7.33. The van der Waals surface area contributed by atoms with Gasteiger partial charge in [-0.1, -0.05) is 0 Å². The molecular weight excluding hydrogens is 276 g/mol. The van der Waals surface area contributed by atoms with E-state index in [0.29, 0.717) is 39.1 Å². The van der Waals surface area contributed by atoms with E-state index in [1.54, 1.807) is 4.90 Å². The molecule has 0 aromatic carbocycles. The number of nitrogens with zero attached hydrogens (tertiary/aromatic N) is 2. The van der Waals surface area contributed by atoms with Crippen molar-refractivity contribution < 1.29 is 19.1 Å². The Kier molecular flexibility index (Phi) is 3.81. The first kappa shape index (κ1) is 14.3. The molecule has 0 bridgehead atoms. The van der Waals surface area contributed by atoms with Crippen molar-refractivity contribution in [2.24, 2.45) is 0 Å². The molecule has 2 N–H and O–H groups in total. The summed E-state index contributed by atoms with van der Waals surface area (Å²) in [7, 11) is 0. The summed E-state index contributed by atoms with van der Waals surface area (Å²) >= 11 is 0. The molecule has 0 radical (unpaired) electrons. The zero-order valence-corrected chi connectivity index (χ0v) is 11.9. The van der Waals surface area contributed by atoms with Gasteiger partial charge in [0.1, 0.15) is 12.1 Å². The quantitative estimate of drug-likeness (QED) is 0.607. The molecule has 0 saturated carbocycles. The van der Waals surface area contributed by atoms with Crippen LogP contribution in [0.15, 0.2) is 0 Å². The lowest BCUT2D eigenvalue weighted by atomic mass is 9.90. The number of hydrogen-bond acceptors (Lipinski definition) is 5. The molecular formula is C13H20N4O4. The summed E-state index contributed by atoms with van der Waals surface area (Å²) in [4.78, 5) is 39.5. The largest absolute Gasteiger partial charge is 0.381 e. The van der Waals surface area contributed by atoms with Gasteiger partial charge in [0.25, 0.3) is 5.91 Å². The summed E-state index contributed by atoms with van der Waals surface area (Å²) in [6.07, 6.45) is 0.936. The zero-order valence-electron chi connectivity index (χ0n) is 11.9. The van der Waals surface area contributed by atoms with Crippen molar-refractivity contribution >= 4 is 17.8 Å². The van der Waals surface area contributed by atoms with Crippen molar-refractivity contribution in [1.82, 2.24) is 20.4 Å². The molecule has 116 valence electrons. The van der Waals surface area contributed by atoms with Crippen molar-refractivity contribution in [2.75, 3.05) is 45.9 Å². The molecule has 3 fully saturated rings. The van der Waals surface area contributed by atoms with Crippen molar-refractivity contribution in [3.63, 3.8) is 0 Å². The lowest BCUT2D eigenvalue weighted by Crippen LogP contribution is -2.52. The number of piperazine rings is 1. The summed E-state index contributed by atoms with van der Waals surface area (Å²) in [5, 5.41) is 5.91. The third-order valence-electron chi connectivity index (χ3n) is 4.36. The lowest BCUT2D eigenvalue weighted by molar-refractivity contribution is -0.140. The van der Waals surface area contributed by atoms with Crippen LogP contribution in [-0.2, 0) is 14.3 Å². The molecule has 4 amide bonds. The van der Waals surface area contributed by atoms with E-state index in [9.17, 15) is 14.4 Å². The normalized spacial score (nSPS) is 25.3. The first-order chi connectivity index (χ1) is 10.1. The Bertz CT molecular complexity index is 455. The fourth-order valence-electron chi connectivity index (χ4n) is 3.03. The van der Waals surface area contributed by atoms with Gasteiger partial charge in [0.15, 0.2) is 0 Å². The number of rotatable bonds is 2. The predicted octanol–water partition coefficient (Wildman–Crippen LogP) is -1.48. The minimum atomic E-state index is -0.862. The van der Waals surface area contributed by atoms with Gasteiger partial charge in [0, 0.05) is 52.2 Å². The molecule has 3 aliphatic heterocycles. The topological polar surface area (TPSA) is 91.0 Å². The molecule has 0 aromatic heterocycles. The number of urea groups is 1. The Morgan fingerprint density at radius 2 is 1.86 bits per heavy atom. The summed E-state index contributed by atoms with van der Waals surface area (Å²) in [6.45, 7) is 3.44. The van der Waals surface area contributed by atoms with E-state index in [1.165, 1.54) is 0 Å². The van der Waals surface area contributed by atoms with Crippen molar-refractivity contribution in [2.45, 2.75) is 18.4 Å². The number of nitrogens with one attached hydrogen (secondary N) is 2. The zero-order chi connectivity index (χ0) is 14.9. The Morgan fingerprint density at radius 3 is 2.52 bits per heavy atom. The number of imide groups is 1. The molecule has 0 aromatic rings. The number of ether oxygens (including phenoxy) is 1. The van der Waals surface area contributed by atoms with E-state index in [4.69, 9.17) is 4.74 Å². The maximum Gasteiger partial charge on any atom is 0.325 e. The van der Waals surface area contributed by atoms with E-state index < -0.39 is 11.6 Å². The van der Waals surface area contributed by atoms with Gasteiger partial charge >= 0.3 is 6.03 Å². The van der Waals surface area contributed by atoms with Gasteiger partial charge in [0.2, 0.25) is 5.91 Å². The van der Waals surface area contributed by atoms with Crippen LogP contribution in [-0.4, -0.2) is 79.1 Å². The Labute approximate surface area is 122 Å². The molecule has 0 unspecified atom stereocenters. The van der Waals surface area contributed by atoms with Gasteiger partial charge < -0.3 is 20.3 Å². The Balaban J connectivity index is 1.66. The van der Waals surface area contributed by atoms with Crippen LogP contribution in [0.3, 0.4) is 0 Å². The van der Waals surface area contributed by atoms with Crippen molar-refractivity contribution in [3.8, 4) is 0 Å². The van der Waals surface area contributed by atoms with Crippen LogP contribution in [0.1, 0.15) is 12.8 Å². The van der Waals surface area contributed by atoms with Gasteiger partial charge in [-0.2, -0.15) is 0 Å². The second kappa shape index (κ2) is 5.61. The van der Waals surface area contributed by atoms with Gasteiger partial charge in [-0.25, -0.2) is 4.79 Å². The molecule has 3 heterocycles. The lowest BCUT2D eigenvalue weighted by Gasteiger charge is -2.31. The molecule has 3 rings (SSSR count). The van der Waals surface area contributed by atoms with E-state index in [0.717, 1.165) is 18.0 Å². The summed E-state index contributed by atoms with van der Waals surface area (Å²) in [5.41, 5.74) is -0.862. The SMILES string of the molecule is O=C(CN1C(=O)NC2(CCOCC2)C1=O)N1CCNCC1. The Hall–Kier alpha value is -1.67. The van der Waals surface area contributed by atoms with Crippen molar-refractivity contribution in [3.05, 3.63) is 0 Å². The van der Waals surface area contributed by atoms with E-state index in [2.05, 4.69) is 10.6 Å². The van der Waals surface area contributed by atoms with E-state index in [-0.39, 0.29) is 18.4 Å². The van der Waals surface area contributed by atoms with Crippen LogP contribution in [0.25, 0.3) is 0 Å². The van der Waals surface area contributed by atoms with Crippen LogP contribution in [0.5, 0.6) is 0 Å². The number of hydrogen-bond donors (Lipinski definition) is 2. The Morgan fingerprint density at radius 1 is 1.19 bits per heavy atom. The first-order valence-corrected chi connectivity index (χ1v) is 7.33. The van der Waals surface area contributed by atoms with Crippen molar-refractivity contribution in [1.29, 1.82) is 0 Å². The summed E-state index contributed by atoms with van der Waals surface area (Å²) in [5.74, 6) is -0.469. The second-order valence-electron chi connectivity index (χ2n) is 5.65. The number of carbonyl (C=O) groups is 3. The number of carbonyl (C=O) groups excluding carboxylic acids is 3. The van der Waals surface area contributed by atoms with Gasteiger partial charge in [-0.3, -0.25) is 14.5 Å².